The Morgan fingerprint density at radius 1 is 1.58 bits per heavy atom. The highest BCUT2D eigenvalue weighted by Crippen LogP contribution is 2.26. The van der Waals surface area contributed by atoms with Crippen LogP contribution < -0.4 is 0 Å². The number of esters is 1. The Bertz CT molecular complexity index is 652. The highest BCUT2D eigenvalue weighted by Gasteiger charge is 2.20. The maximum Gasteiger partial charge on any atom is 0.343 e. The molecule has 0 aromatic carbocycles. The minimum atomic E-state index is -0.506. The third-order valence-corrected chi connectivity index (χ3v) is 3.18. The van der Waals surface area contributed by atoms with Gasteiger partial charge in [0.2, 0.25) is 0 Å². The lowest BCUT2D eigenvalue weighted by Crippen LogP contribution is -2.06. The van der Waals surface area contributed by atoms with Crippen LogP contribution in [0, 0.1) is 0 Å². The van der Waals surface area contributed by atoms with Crippen molar-refractivity contribution in [1.82, 2.24) is 14.6 Å². The minimum Gasteiger partial charge on any atom is -0.462 e. The number of hydrogen-bond acceptors (Lipinski definition) is 4. The van der Waals surface area contributed by atoms with Gasteiger partial charge in [0.25, 0.3) is 0 Å². The predicted octanol–water partition coefficient (Wildman–Crippen LogP) is 2.94. The van der Waals surface area contributed by atoms with Crippen LogP contribution in [-0.2, 0) is 11.2 Å². The normalized spacial score (nSPS) is 10.7. The van der Waals surface area contributed by atoms with Crippen molar-refractivity contribution in [2.24, 2.45) is 0 Å². The summed E-state index contributed by atoms with van der Waals surface area (Å²) in [5.74, 6) is -0.506. The average molecular weight is 300 g/mol. The standard InChI is InChI=1S/C12H11Cl2N3O2/c1-3-5-7-9(13)16-11-8(12(18)19-4-2)6-15-17(11)10(7)14/h3,6H,1,4-5H2,2H3. The quantitative estimate of drug-likeness (QED) is 0.495. The van der Waals surface area contributed by atoms with Crippen LogP contribution >= 0.6 is 23.2 Å². The van der Waals surface area contributed by atoms with Crippen LogP contribution in [0.5, 0.6) is 0 Å². The third kappa shape index (κ3) is 2.43. The lowest BCUT2D eigenvalue weighted by molar-refractivity contribution is 0.0528. The van der Waals surface area contributed by atoms with E-state index in [4.69, 9.17) is 27.9 Å². The Morgan fingerprint density at radius 3 is 2.95 bits per heavy atom. The fourth-order valence-corrected chi connectivity index (χ4v) is 2.22. The first-order valence-electron chi connectivity index (χ1n) is 5.59. The van der Waals surface area contributed by atoms with Crippen molar-refractivity contribution >= 4 is 34.8 Å². The van der Waals surface area contributed by atoms with Gasteiger partial charge in [-0.15, -0.1) is 6.58 Å². The smallest absolute Gasteiger partial charge is 0.343 e. The van der Waals surface area contributed by atoms with E-state index in [1.54, 1.807) is 13.0 Å². The molecule has 0 fully saturated rings. The van der Waals surface area contributed by atoms with E-state index in [1.807, 2.05) is 0 Å². The summed E-state index contributed by atoms with van der Waals surface area (Å²) in [5.41, 5.74) is 1.13. The third-order valence-electron chi connectivity index (χ3n) is 2.48. The number of carbonyl (C=O) groups excluding carboxylic acids is 1. The van der Waals surface area contributed by atoms with Gasteiger partial charge in [0.05, 0.1) is 12.8 Å². The molecule has 0 aliphatic rings. The summed E-state index contributed by atoms with van der Waals surface area (Å²) in [5, 5.41) is 4.57. The first kappa shape index (κ1) is 13.8. The fourth-order valence-electron chi connectivity index (χ4n) is 1.63. The summed E-state index contributed by atoms with van der Waals surface area (Å²) in [6, 6.07) is 0. The highest BCUT2D eigenvalue weighted by molar-refractivity contribution is 6.35. The monoisotopic (exact) mass is 299 g/mol. The Kier molecular flexibility index (Phi) is 4.07. The maximum absolute atomic E-state index is 11.7. The van der Waals surface area contributed by atoms with E-state index in [9.17, 15) is 4.79 Å². The van der Waals surface area contributed by atoms with Gasteiger partial charge in [-0.1, -0.05) is 29.3 Å². The van der Waals surface area contributed by atoms with Gasteiger partial charge in [-0.05, 0) is 13.3 Å². The number of carbonyl (C=O) groups is 1. The second-order valence-electron chi connectivity index (χ2n) is 3.68. The average Bonchev–Trinajstić information content (AvgIpc) is 2.78. The molecule has 0 aliphatic heterocycles. The van der Waals surface area contributed by atoms with Crippen LogP contribution in [0.4, 0.5) is 0 Å². The van der Waals surface area contributed by atoms with Gasteiger partial charge in [-0.3, -0.25) is 0 Å². The van der Waals surface area contributed by atoms with Crippen molar-refractivity contribution in [3.63, 3.8) is 0 Å². The Labute approximate surface area is 119 Å². The van der Waals surface area contributed by atoms with E-state index in [-0.39, 0.29) is 23.0 Å². The summed E-state index contributed by atoms with van der Waals surface area (Å²) in [7, 11) is 0. The Balaban J connectivity index is 2.62. The molecule has 0 unspecified atom stereocenters. The number of hydrogen-bond donors (Lipinski definition) is 0. The molecule has 0 spiro atoms. The molecule has 19 heavy (non-hydrogen) atoms. The summed E-state index contributed by atoms with van der Waals surface area (Å²) in [6.45, 7) is 5.62. The summed E-state index contributed by atoms with van der Waals surface area (Å²) < 4.78 is 6.28. The molecular weight excluding hydrogens is 289 g/mol. The zero-order valence-corrected chi connectivity index (χ0v) is 11.7. The molecule has 2 aromatic rings. The molecule has 2 heterocycles. The molecule has 0 atom stereocenters. The first-order valence-corrected chi connectivity index (χ1v) is 6.35. The number of allylic oxidation sites excluding steroid dienone is 1. The molecule has 0 radical (unpaired) electrons. The van der Waals surface area contributed by atoms with E-state index < -0.39 is 5.97 Å². The largest absolute Gasteiger partial charge is 0.462 e. The molecule has 0 N–H and O–H groups in total. The van der Waals surface area contributed by atoms with Crippen LogP contribution in [0.2, 0.25) is 10.3 Å². The van der Waals surface area contributed by atoms with Gasteiger partial charge in [-0.25, -0.2) is 14.3 Å². The summed E-state index contributed by atoms with van der Waals surface area (Å²) >= 11 is 12.3. The van der Waals surface area contributed by atoms with Crippen LogP contribution in [-0.4, -0.2) is 27.2 Å². The number of aromatic nitrogens is 3. The van der Waals surface area contributed by atoms with Crippen molar-refractivity contribution < 1.29 is 9.53 Å². The summed E-state index contributed by atoms with van der Waals surface area (Å²) in [6.07, 6.45) is 3.49. The first-order chi connectivity index (χ1) is 9.10. The van der Waals surface area contributed by atoms with Crippen molar-refractivity contribution in [1.29, 1.82) is 0 Å². The lowest BCUT2D eigenvalue weighted by Gasteiger charge is -2.06. The van der Waals surface area contributed by atoms with Crippen molar-refractivity contribution in [3.8, 4) is 0 Å². The molecular formula is C12H11Cl2N3O2. The maximum atomic E-state index is 11.7. The topological polar surface area (TPSA) is 56.5 Å². The highest BCUT2D eigenvalue weighted by atomic mass is 35.5. The Hall–Kier alpha value is -1.59. The van der Waals surface area contributed by atoms with Crippen LogP contribution in [0.1, 0.15) is 22.8 Å². The van der Waals surface area contributed by atoms with Gasteiger partial charge in [-0.2, -0.15) is 5.10 Å². The molecule has 0 saturated carbocycles. The SMILES string of the molecule is C=CCc1c(Cl)nc2c(C(=O)OCC)cnn2c1Cl. The second kappa shape index (κ2) is 5.59. The molecule has 5 nitrogen and oxygen atoms in total. The van der Waals surface area contributed by atoms with Gasteiger partial charge in [0, 0.05) is 5.56 Å². The molecule has 2 rings (SSSR count). The van der Waals surface area contributed by atoms with E-state index in [2.05, 4.69) is 16.7 Å². The van der Waals surface area contributed by atoms with Crippen molar-refractivity contribution in [3.05, 3.63) is 40.3 Å². The number of ether oxygens (including phenoxy) is 1. The van der Waals surface area contributed by atoms with E-state index in [0.717, 1.165) is 0 Å². The number of fused-ring (bicyclic) bond motifs is 1. The van der Waals surface area contributed by atoms with Crippen LogP contribution in [0.3, 0.4) is 0 Å². The predicted molar refractivity (Wildman–Crippen MR) is 72.9 cm³/mol. The van der Waals surface area contributed by atoms with Gasteiger partial charge >= 0.3 is 5.97 Å². The molecule has 2 aromatic heterocycles. The van der Waals surface area contributed by atoms with E-state index in [0.29, 0.717) is 17.1 Å². The molecule has 0 bridgehead atoms. The van der Waals surface area contributed by atoms with E-state index in [1.165, 1.54) is 10.7 Å². The lowest BCUT2D eigenvalue weighted by atomic mass is 10.2. The van der Waals surface area contributed by atoms with Gasteiger partial charge in [0.15, 0.2) is 5.65 Å². The Morgan fingerprint density at radius 2 is 2.32 bits per heavy atom. The molecule has 7 heteroatoms. The number of nitrogens with zero attached hydrogens (tertiary/aromatic N) is 3. The number of halogens is 2. The molecule has 0 saturated heterocycles. The zero-order valence-electron chi connectivity index (χ0n) is 10.2. The molecule has 0 aliphatic carbocycles. The van der Waals surface area contributed by atoms with Gasteiger partial charge in [0.1, 0.15) is 15.9 Å². The second-order valence-corrected chi connectivity index (χ2v) is 4.39. The fraction of sp³-hybridized carbons (Fsp3) is 0.250. The molecule has 100 valence electrons. The van der Waals surface area contributed by atoms with Gasteiger partial charge < -0.3 is 4.74 Å². The van der Waals surface area contributed by atoms with Crippen molar-refractivity contribution in [2.75, 3.05) is 6.61 Å². The minimum absolute atomic E-state index is 0.225. The zero-order chi connectivity index (χ0) is 14.0. The van der Waals surface area contributed by atoms with Crippen LogP contribution in [0.25, 0.3) is 5.65 Å². The van der Waals surface area contributed by atoms with E-state index >= 15 is 0 Å². The van der Waals surface area contributed by atoms with Crippen LogP contribution in [0.15, 0.2) is 18.9 Å². The van der Waals surface area contributed by atoms with Crippen molar-refractivity contribution in [2.45, 2.75) is 13.3 Å². The summed E-state index contributed by atoms with van der Waals surface area (Å²) in [4.78, 5) is 15.9. The number of rotatable bonds is 4. The molecule has 0 amide bonds.